The number of ether oxygens (including phenoxy) is 2. The second-order valence-electron chi connectivity index (χ2n) is 7.51. The minimum atomic E-state index is -0.854. The van der Waals surface area contributed by atoms with Gasteiger partial charge in [0, 0.05) is 11.6 Å². The predicted molar refractivity (Wildman–Crippen MR) is 103 cm³/mol. The summed E-state index contributed by atoms with van der Waals surface area (Å²) in [4.78, 5) is 46.1. The molecule has 0 saturated carbocycles. The van der Waals surface area contributed by atoms with Gasteiger partial charge in [-0.2, -0.15) is 0 Å². The summed E-state index contributed by atoms with van der Waals surface area (Å²) in [6, 6.07) is 0. The van der Waals surface area contributed by atoms with Crippen LogP contribution in [0.1, 0.15) is 79.6 Å². The summed E-state index contributed by atoms with van der Waals surface area (Å²) in [6.07, 6.45) is 4.49. The van der Waals surface area contributed by atoms with Crippen LogP contribution >= 0.6 is 0 Å². The van der Waals surface area contributed by atoms with Crippen molar-refractivity contribution in [2.45, 2.75) is 79.6 Å². The molecule has 0 N–H and O–H groups in total. The molecule has 27 heavy (non-hydrogen) atoms. The number of hydrogen-bond acceptors (Lipinski definition) is 6. The van der Waals surface area contributed by atoms with Crippen molar-refractivity contribution >= 4 is 17.8 Å². The fourth-order valence-corrected chi connectivity index (χ4v) is 2.90. The first-order chi connectivity index (χ1) is 12.7. The summed E-state index contributed by atoms with van der Waals surface area (Å²) < 4.78 is 10.5. The first-order valence-electron chi connectivity index (χ1n) is 9.92. The largest absolute Gasteiger partial charge is 0.462 e. The molecule has 0 aromatic rings. The van der Waals surface area contributed by atoms with Crippen LogP contribution in [0.25, 0.3) is 0 Å². The van der Waals surface area contributed by atoms with Gasteiger partial charge in [0.1, 0.15) is 13.2 Å². The maximum absolute atomic E-state index is 12.4. The van der Waals surface area contributed by atoms with Crippen molar-refractivity contribution in [3.05, 3.63) is 4.91 Å². The van der Waals surface area contributed by atoms with Crippen LogP contribution in [0.5, 0.6) is 0 Å². The molecule has 0 aliphatic carbocycles. The van der Waals surface area contributed by atoms with E-state index in [1.807, 2.05) is 34.6 Å². The number of carbonyl (C=O) groups excluding carboxylic acids is 3. The summed E-state index contributed by atoms with van der Waals surface area (Å²) in [5, 5.41) is 2.35. The highest BCUT2D eigenvalue weighted by atomic mass is 16.6. The Morgan fingerprint density at radius 1 is 1.00 bits per heavy atom. The van der Waals surface area contributed by atoms with Crippen molar-refractivity contribution in [1.82, 2.24) is 0 Å². The lowest BCUT2D eigenvalue weighted by atomic mass is 9.75. The summed E-state index contributed by atoms with van der Waals surface area (Å²) in [5.41, 5.74) is -0.566. The summed E-state index contributed by atoms with van der Waals surface area (Å²) >= 11 is 0. The van der Waals surface area contributed by atoms with Crippen LogP contribution in [-0.4, -0.2) is 31.1 Å². The highest BCUT2D eigenvalue weighted by Crippen LogP contribution is 2.33. The molecule has 2 unspecified atom stereocenters. The van der Waals surface area contributed by atoms with Crippen molar-refractivity contribution in [3.63, 3.8) is 0 Å². The summed E-state index contributed by atoms with van der Waals surface area (Å²) in [7, 11) is 0. The van der Waals surface area contributed by atoms with E-state index in [-0.39, 0.29) is 31.5 Å². The van der Waals surface area contributed by atoms with Gasteiger partial charge in [-0.1, -0.05) is 53.4 Å². The number of rotatable bonds is 14. The van der Waals surface area contributed by atoms with Crippen LogP contribution in [0.4, 0.5) is 0 Å². The number of amides is 1. The number of nitrogens with zero attached hydrogens (tertiary/aromatic N) is 1. The van der Waals surface area contributed by atoms with Gasteiger partial charge in [-0.25, -0.2) is 0 Å². The fraction of sp³-hybridized carbons (Fsp3) is 0.850. The number of esters is 2. The van der Waals surface area contributed by atoms with Gasteiger partial charge >= 0.3 is 11.9 Å². The van der Waals surface area contributed by atoms with Gasteiger partial charge in [0.15, 0.2) is 0 Å². The van der Waals surface area contributed by atoms with Gasteiger partial charge in [-0.15, -0.1) is 4.91 Å². The first-order valence-corrected chi connectivity index (χ1v) is 9.92. The molecule has 0 heterocycles. The molecule has 0 radical (unpaired) electrons. The lowest BCUT2D eigenvalue weighted by molar-refractivity contribution is -0.164. The average molecular weight is 386 g/mol. The molecule has 1 amide bonds. The molecule has 0 aliphatic rings. The number of nitroso groups, excluding NO2 is 1. The van der Waals surface area contributed by atoms with Crippen molar-refractivity contribution in [2.24, 2.45) is 22.4 Å². The lowest BCUT2D eigenvalue weighted by Crippen LogP contribution is -2.35. The Bertz CT molecular complexity index is 491. The van der Waals surface area contributed by atoms with Crippen molar-refractivity contribution < 1.29 is 23.9 Å². The van der Waals surface area contributed by atoms with Crippen LogP contribution in [0.15, 0.2) is 5.18 Å². The third-order valence-corrected chi connectivity index (χ3v) is 5.08. The van der Waals surface area contributed by atoms with E-state index in [0.29, 0.717) is 6.42 Å². The van der Waals surface area contributed by atoms with Crippen molar-refractivity contribution in [1.29, 1.82) is 0 Å². The third-order valence-electron chi connectivity index (χ3n) is 5.08. The van der Waals surface area contributed by atoms with Gasteiger partial charge in [0.05, 0.1) is 11.3 Å². The molecule has 0 aliphatic heterocycles. The monoisotopic (exact) mass is 385 g/mol. The lowest BCUT2D eigenvalue weighted by Gasteiger charge is -2.30. The minimum absolute atomic E-state index is 0.0296. The zero-order valence-electron chi connectivity index (χ0n) is 17.4. The van der Waals surface area contributed by atoms with Gasteiger partial charge in [-0.3, -0.25) is 14.4 Å². The Labute approximate surface area is 162 Å². The maximum Gasteiger partial charge on any atom is 0.312 e. The Hall–Kier alpha value is -1.79. The van der Waals surface area contributed by atoms with Crippen LogP contribution in [0.2, 0.25) is 0 Å². The molecule has 0 aromatic heterocycles. The first kappa shape index (κ1) is 25.2. The Morgan fingerprint density at radius 3 is 2.15 bits per heavy atom. The molecule has 0 rings (SSSR count). The number of unbranched alkanes of at least 4 members (excludes halogenated alkanes) is 2. The normalized spacial score (nSPS) is 14.3. The van der Waals surface area contributed by atoms with Crippen LogP contribution in [0, 0.1) is 22.2 Å². The molecule has 7 nitrogen and oxygen atoms in total. The van der Waals surface area contributed by atoms with Crippen LogP contribution in [-0.2, 0) is 23.9 Å². The summed E-state index contributed by atoms with van der Waals surface area (Å²) in [6.45, 7) is 9.80. The van der Waals surface area contributed by atoms with Crippen molar-refractivity contribution in [2.75, 3.05) is 13.2 Å². The highest BCUT2D eigenvalue weighted by Gasteiger charge is 2.37. The highest BCUT2D eigenvalue weighted by molar-refractivity contribution is 5.83. The predicted octanol–water partition coefficient (Wildman–Crippen LogP) is 4.41. The molecule has 0 spiro atoms. The van der Waals surface area contributed by atoms with Gasteiger partial charge in [0.2, 0.25) is 0 Å². The second kappa shape index (κ2) is 13.4. The summed E-state index contributed by atoms with van der Waals surface area (Å²) in [5.74, 6) is -2.25. The third kappa shape index (κ3) is 9.11. The van der Waals surface area contributed by atoms with Crippen molar-refractivity contribution in [3.8, 4) is 0 Å². The van der Waals surface area contributed by atoms with Gasteiger partial charge in [-0.05, 0) is 25.7 Å². The van der Waals surface area contributed by atoms with E-state index in [2.05, 4.69) is 5.18 Å². The molecule has 0 fully saturated rings. The average Bonchev–Trinajstić information content (AvgIpc) is 2.63. The van der Waals surface area contributed by atoms with Gasteiger partial charge in [0.25, 0.3) is 5.91 Å². The minimum Gasteiger partial charge on any atom is -0.462 e. The van der Waals surface area contributed by atoms with E-state index in [4.69, 9.17) is 9.47 Å². The molecule has 156 valence electrons. The van der Waals surface area contributed by atoms with Gasteiger partial charge < -0.3 is 9.47 Å². The Morgan fingerprint density at radius 2 is 1.63 bits per heavy atom. The smallest absolute Gasteiger partial charge is 0.312 e. The standard InChI is InChI=1S/C20H35NO6/c1-6-8-9-10-16(14-17(22)21-25)18(23)26-12-13-27-19(24)20(5,11-7-2)15(3)4/h15-16H,6-14H2,1-5H3. The molecular formula is C20H35NO6. The fourth-order valence-electron chi connectivity index (χ4n) is 2.90. The zero-order chi connectivity index (χ0) is 20.9. The van der Waals surface area contributed by atoms with Crippen LogP contribution < -0.4 is 0 Å². The maximum atomic E-state index is 12.4. The Balaban J connectivity index is 4.52. The Kier molecular flexibility index (Phi) is 12.5. The molecule has 7 heteroatoms. The second-order valence-corrected chi connectivity index (χ2v) is 7.51. The number of carbonyl (C=O) groups is 3. The van der Waals surface area contributed by atoms with E-state index >= 15 is 0 Å². The molecule has 0 saturated heterocycles. The van der Waals surface area contributed by atoms with E-state index in [0.717, 1.165) is 32.1 Å². The van der Waals surface area contributed by atoms with E-state index in [1.54, 1.807) is 0 Å². The molecular weight excluding hydrogens is 350 g/mol. The number of hydrogen-bond donors (Lipinski definition) is 0. The molecule has 0 bridgehead atoms. The molecule has 2 atom stereocenters. The molecule has 0 aromatic carbocycles. The topological polar surface area (TPSA) is 99.1 Å². The van der Waals surface area contributed by atoms with E-state index in [1.165, 1.54) is 0 Å². The van der Waals surface area contributed by atoms with Crippen LogP contribution in [0.3, 0.4) is 0 Å². The van der Waals surface area contributed by atoms with E-state index < -0.39 is 23.2 Å². The van der Waals surface area contributed by atoms with E-state index in [9.17, 15) is 19.3 Å². The zero-order valence-corrected chi connectivity index (χ0v) is 17.4. The SMILES string of the molecule is CCCCCC(CC(=O)N=O)C(=O)OCCOC(=O)C(C)(CCC)C(C)C. The quantitative estimate of drug-likeness (QED) is 0.249.